The lowest BCUT2D eigenvalue weighted by molar-refractivity contribution is 0.122. The van der Waals surface area contributed by atoms with Gasteiger partial charge in [0.25, 0.3) is 0 Å². The number of nitrogens with one attached hydrogen (secondary N) is 1. The van der Waals surface area contributed by atoms with Gasteiger partial charge in [-0.1, -0.05) is 12.1 Å². The van der Waals surface area contributed by atoms with Crippen molar-refractivity contribution in [2.75, 3.05) is 38.3 Å². The zero-order valence-corrected chi connectivity index (χ0v) is 15.5. The summed E-state index contributed by atoms with van der Waals surface area (Å²) in [7, 11) is 1.48. The fraction of sp³-hybridized carbons (Fsp3) is 0.238. The Kier molecular flexibility index (Phi) is 4.99. The van der Waals surface area contributed by atoms with Crippen LogP contribution in [0.2, 0.25) is 0 Å². The number of rotatable bonds is 4. The van der Waals surface area contributed by atoms with Crippen LogP contribution >= 0.6 is 0 Å². The molecule has 0 bridgehead atoms. The molecule has 4 rings (SSSR count). The first-order valence-electron chi connectivity index (χ1n) is 9.06. The highest BCUT2D eigenvalue weighted by molar-refractivity contribution is 5.70. The van der Waals surface area contributed by atoms with Crippen LogP contribution in [0.5, 0.6) is 11.5 Å². The minimum absolute atomic E-state index is 0.0371. The molecule has 1 aliphatic rings. The monoisotopic (exact) mass is 379 g/mol. The summed E-state index contributed by atoms with van der Waals surface area (Å²) in [6.45, 7) is 3.22. The van der Waals surface area contributed by atoms with Crippen molar-refractivity contribution in [2.45, 2.75) is 0 Å². The Hall–Kier alpha value is -3.32. The second-order valence-corrected chi connectivity index (χ2v) is 6.52. The van der Waals surface area contributed by atoms with E-state index in [0.29, 0.717) is 22.7 Å². The van der Waals surface area contributed by atoms with E-state index >= 15 is 0 Å². The van der Waals surface area contributed by atoms with Gasteiger partial charge in [-0.25, -0.2) is 4.79 Å². The molecule has 0 amide bonds. The summed E-state index contributed by atoms with van der Waals surface area (Å²) >= 11 is 0. The molecule has 0 unspecified atom stereocenters. The molecule has 0 atom stereocenters. The van der Waals surface area contributed by atoms with Crippen LogP contribution in [0.25, 0.3) is 22.5 Å². The van der Waals surface area contributed by atoms with Crippen molar-refractivity contribution in [3.63, 3.8) is 0 Å². The number of aromatic amines is 1. The summed E-state index contributed by atoms with van der Waals surface area (Å²) in [5.41, 5.74) is 3.46. The average molecular weight is 379 g/mol. The van der Waals surface area contributed by atoms with Crippen molar-refractivity contribution in [2.24, 2.45) is 0 Å². The number of methoxy groups -OCH3 is 1. The van der Waals surface area contributed by atoms with E-state index in [4.69, 9.17) is 9.47 Å². The van der Waals surface area contributed by atoms with E-state index in [1.165, 1.54) is 13.2 Å². The average Bonchev–Trinajstić information content (AvgIpc) is 2.74. The van der Waals surface area contributed by atoms with Gasteiger partial charge in [0.05, 0.1) is 31.7 Å². The Bertz CT molecular complexity index is 1020. The maximum Gasteiger partial charge on any atom is 0.345 e. The third kappa shape index (κ3) is 3.70. The molecule has 144 valence electrons. The first-order valence-corrected chi connectivity index (χ1v) is 9.06. The van der Waals surface area contributed by atoms with Crippen LogP contribution in [0.4, 0.5) is 5.69 Å². The summed E-state index contributed by atoms with van der Waals surface area (Å²) in [5, 5.41) is 9.78. The summed E-state index contributed by atoms with van der Waals surface area (Å²) in [4.78, 5) is 21.2. The van der Waals surface area contributed by atoms with E-state index in [-0.39, 0.29) is 5.75 Å². The molecule has 7 heteroatoms. The van der Waals surface area contributed by atoms with Crippen LogP contribution in [0, 0.1) is 0 Å². The number of benzene rings is 2. The van der Waals surface area contributed by atoms with Gasteiger partial charge >= 0.3 is 5.69 Å². The quantitative estimate of drug-likeness (QED) is 0.725. The molecule has 0 saturated carbocycles. The standard InChI is InChI=1S/C21H21N3O4/c1-27-20-12-15(4-7-19(20)25)18-13-17(22-21(26)23-18)14-2-5-16(6-3-14)24-8-10-28-11-9-24/h2-7,12-13,25H,8-11H2,1H3,(H,22,23,26). The number of hydrogen-bond acceptors (Lipinski definition) is 6. The lowest BCUT2D eigenvalue weighted by atomic mass is 10.1. The van der Waals surface area contributed by atoms with Gasteiger partial charge in [0.2, 0.25) is 0 Å². The minimum Gasteiger partial charge on any atom is -0.504 e. The normalized spacial score (nSPS) is 14.1. The molecule has 1 fully saturated rings. The van der Waals surface area contributed by atoms with Gasteiger partial charge in [0.1, 0.15) is 0 Å². The number of aromatic nitrogens is 2. The predicted octanol–water partition coefficient (Wildman–Crippen LogP) is 2.65. The lowest BCUT2D eigenvalue weighted by Gasteiger charge is -2.28. The van der Waals surface area contributed by atoms with E-state index in [1.54, 1.807) is 12.1 Å². The van der Waals surface area contributed by atoms with Gasteiger partial charge in [0, 0.05) is 24.3 Å². The fourth-order valence-electron chi connectivity index (χ4n) is 3.27. The molecule has 0 radical (unpaired) electrons. The second-order valence-electron chi connectivity index (χ2n) is 6.52. The Labute approximate surface area is 162 Å². The van der Waals surface area contributed by atoms with Crippen LogP contribution in [-0.4, -0.2) is 48.5 Å². The Morgan fingerprint density at radius 3 is 2.50 bits per heavy atom. The number of anilines is 1. The van der Waals surface area contributed by atoms with Crippen molar-refractivity contribution in [1.29, 1.82) is 0 Å². The number of hydrogen-bond donors (Lipinski definition) is 2. The van der Waals surface area contributed by atoms with E-state index in [9.17, 15) is 9.90 Å². The summed E-state index contributed by atoms with van der Waals surface area (Å²) < 4.78 is 10.5. The van der Waals surface area contributed by atoms with E-state index < -0.39 is 5.69 Å². The molecule has 1 saturated heterocycles. The third-order valence-corrected chi connectivity index (χ3v) is 4.77. The molecular formula is C21H21N3O4. The highest BCUT2D eigenvalue weighted by Crippen LogP contribution is 2.31. The molecule has 2 N–H and O–H groups in total. The molecule has 3 aromatic rings. The number of ether oxygens (including phenoxy) is 2. The smallest absolute Gasteiger partial charge is 0.345 e. The molecule has 1 aromatic heterocycles. The molecular weight excluding hydrogens is 358 g/mol. The highest BCUT2D eigenvalue weighted by atomic mass is 16.5. The van der Waals surface area contributed by atoms with Crippen LogP contribution in [0.3, 0.4) is 0 Å². The number of H-pyrrole nitrogens is 1. The van der Waals surface area contributed by atoms with Gasteiger partial charge in [-0.2, -0.15) is 4.98 Å². The van der Waals surface area contributed by atoms with E-state index in [2.05, 4.69) is 14.9 Å². The Morgan fingerprint density at radius 2 is 1.79 bits per heavy atom. The van der Waals surface area contributed by atoms with Gasteiger partial charge in [-0.15, -0.1) is 0 Å². The first kappa shape index (κ1) is 18.1. The van der Waals surface area contributed by atoms with Crippen LogP contribution in [0.15, 0.2) is 53.3 Å². The first-order chi connectivity index (χ1) is 13.6. The maximum absolute atomic E-state index is 12.1. The number of phenolic OH excluding ortho intramolecular Hbond substituents is 1. The van der Waals surface area contributed by atoms with Crippen molar-refractivity contribution >= 4 is 5.69 Å². The largest absolute Gasteiger partial charge is 0.504 e. The van der Waals surface area contributed by atoms with E-state index in [1.807, 2.05) is 30.3 Å². The molecule has 1 aliphatic heterocycles. The molecule has 0 aliphatic carbocycles. The summed E-state index contributed by atoms with van der Waals surface area (Å²) in [5.74, 6) is 0.367. The SMILES string of the molecule is COc1cc(-c2cc(-c3ccc(N4CCOCC4)cc3)[nH]c(=O)n2)ccc1O. The Morgan fingerprint density at radius 1 is 1.07 bits per heavy atom. The van der Waals surface area contributed by atoms with Crippen molar-refractivity contribution in [1.82, 2.24) is 9.97 Å². The fourth-order valence-corrected chi connectivity index (χ4v) is 3.27. The molecule has 2 heterocycles. The molecule has 2 aromatic carbocycles. The molecule has 28 heavy (non-hydrogen) atoms. The van der Waals surface area contributed by atoms with Gasteiger partial charge in [-0.05, 0) is 42.0 Å². The van der Waals surface area contributed by atoms with E-state index in [0.717, 1.165) is 37.6 Å². The lowest BCUT2D eigenvalue weighted by Crippen LogP contribution is -2.36. The number of aromatic hydroxyl groups is 1. The summed E-state index contributed by atoms with van der Waals surface area (Å²) in [6, 6.07) is 14.7. The van der Waals surface area contributed by atoms with Crippen molar-refractivity contribution in [3.8, 4) is 34.0 Å². The van der Waals surface area contributed by atoms with Crippen molar-refractivity contribution < 1.29 is 14.6 Å². The van der Waals surface area contributed by atoms with Crippen LogP contribution in [0.1, 0.15) is 0 Å². The Balaban J connectivity index is 1.66. The minimum atomic E-state index is -0.434. The van der Waals surface area contributed by atoms with Gasteiger partial charge < -0.3 is 24.5 Å². The molecule has 0 spiro atoms. The third-order valence-electron chi connectivity index (χ3n) is 4.77. The highest BCUT2D eigenvalue weighted by Gasteiger charge is 2.12. The van der Waals surface area contributed by atoms with Crippen molar-refractivity contribution in [3.05, 3.63) is 59.0 Å². The number of nitrogens with zero attached hydrogens (tertiary/aromatic N) is 2. The maximum atomic E-state index is 12.1. The van der Waals surface area contributed by atoms with Crippen LogP contribution < -0.4 is 15.3 Å². The summed E-state index contributed by atoms with van der Waals surface area (Å²) in [6.07, 6.45) is 0. The predicted molar refractivity (Wildman–Crippen MR) is 107 cm³/mol. The number of morpholine rings is 1. The van der Waals surface area contributed by atoms with Gasteiger partial charge in [-0.3, -0.25) is 0 Å². The topological polar surface area (TPSA) is 87.7 Å². The second kappa shape index (κ2) is 7.74. The zero-order valence-electron chi connectivity index (χ0n) is 15.5. The number of phenols is 1. The molecule has 7 nitrogen and oxygen atoms in total. The van der Waals surface area contributed by atoms with Gasteiger partial charge in [0.15, 0.2) is 11.5 Å². The zero-order chi connectivity index (χ0) is 19.5. The van der Waals surface area contributed by atoms with Crippen LogP contribution in [-0.2, 0) is 4.74 Å².